The van der Waals surface area contributed by atoms with Crippen molar-refractivity contribution in [3.8, 4) is 11.5 Å². The highest BCUT2D eigenvalue weighted by molar-refractivity contribution is 6.06. The zero-order valence-corrected chi connectivity index (χ0v) is 17.5. The first-order chi connectivity index (χ1) is 15.4. The van der Waals surface area contributed by atoms with Gasteiger partial charge in [-0.3, -0.25) is 9.59 Å². The van der Waals surface area contributed by atoms with Gasteiger partial charge in [0.05, 0.1) is 17.3 Å². The van der Waals surface area contributed by atoms with Crippen LogP contribution in [-0.2, 0) is 9.53 Å². The van der Waals surface area contributed by atoms with Crippen molar-refractivity contribution in [2.75, 3.05) is 5.32 Å². The number of aromatic nitrogens is 1. The summed E-state index contributed by atoms with van der Waals surface area (Å²) < 4.78 is 10.9. The third-order valence-electron chi connectivity index (χ3n) is 4.92. The standard InChI is InChI=1S/C25H20N2O5/c1-15(28)17-9-11-18(12-10-17)26-24(29)16(2)32-25(30)20-14-22(23-8-5-13-31-23)27-21-7-4-3-6-19(20)21/h3-14,16H,1-2H3,(H,26,29). The zero-order valence-electron chi connectivity index (χ0n) is 17.5. The van der Waals surface area contributed by atoms with Crippen LogP contribution in [0.4, 0.5) is 5.69 Å². The lowest BCUT2D eigenvalue weighted by atomic mass is 10.1. The number of furan rings is 1. The van der Waals surface area contributed by atoms with Crippen LogP contribution in [0.3, 0.4) is 0 Å². The fourth-order valence-corrected chi connectivity index (χ4v) is 3.20. The topological polar surface area (TPSA) is 98.5 Å². The molecule has 7 heteroatoms. The number of amides is 1. The largest absolute Gasteiger partial charge is 0.463 e. The van der Waals surface area contributed by atoms with E-state index in [9.17, 15) is 14.4 Å². The number of nitrogens with zero attached hydrogens (tertiary/aromatic N) is 1. The summed E-state index contributed by atoms with van der Waals surface area (Å²) in [6.07, 6.45) is 0.480. The highest BCUT2D eigenvalue weighted by Gasteiger charge is 2.22. The summed E-state index contributed by atoms with van der Waals surface area (Å²) in [5.74, 6) is -0.683. The molecule has 0 aliphatic heterocycles. The number of fused-ring (bicyclic) bond motifs is 1. The minimum absolute atomic E-state index is 0.0660. The minimum atomic E-state index is -1.05. The van der Waals surface area contributed by atoms with Gasteiger partial charge in [0.25, 0.3) is 5.91 Å². The lowest BCUT2D eigenvalue weighted by Gasteiger charge is -2.15. The smallest absolute Gasteiger partial charge is 0.339 e. The Morgan fingerprint density at radius 3 is 2.44 bits per heavy atom. The molecule has 7 nitrogen and oxygen atoms in total. The highest BCUT2D eigenvalue weighted by Crippen LogP contribution is 2.26. The molecule has 1 unspecified atom stereocenters. The van der Waals surface area contributed by atoms with Crippen molar-refractivity contribution in [1.29, 1.82) is 0 Å². The van der Waals surface area contributed by atoms with E-state index in [0.29, 0.717) is 33.6 Å². The molecule has 0 radical (unpaired) electrons. The van der Waals surface area contributed by atoms with Crippen molar-refractivity contribution in [3.63, 3.8) is 0 Å². The Hall–Kier alpha value is -4.26. The maximum atomic E-state index is 13.0. The molecule has 0 aliphatic carbocycles. The summed E-state index contributed by atoms with van der Waals surface area (Å²) in [7, 11) is 0. The Balaban J connectivity index is 1.54. The molecule has 1 amide bonds. The predicted molar refractivity (Wildman–Crippen MR) is 119 cm³/mol. The van der Waals surface area contributed by atoms with Gasteiger partial charge in [0.15, 0.2) is 17.6 Å². The van der Waals surface area contributed by atoms with Crippen LogP contribution in [-0.4, -0.2) is 28.7 Å². The molecular formula is C25H20N2O5. The molecule has 1 N–H and O–H groups in total. The van der Waals surface area contributed by atoms with Crippen LogP contribution in [0.25, 0.3) is 22.4 Å². The van der Waals surface area contributed by atoms with Crippen LogP contribution in [0.5, 0.6) is 0 Å². The fourth-order valence-electron chi connectivity index (χ4n) is 3.20. The number of carbonyl (C=O) groups excluding carboxylic acids is 3. The first-order valence-corrected chi connectivity index (χ1v) is 9.99. The molecule has 0 saturated carbocycles. The molecule has 0 saturated heterocycles. The summed E-state index contributed by atoms with van der Waals surface area (Å²) in [4.78, 5) is 41.4. The second-order valence-electron chi connectivity index (χ2n) is 7.22. The summed E-state index contributed by atoms with van der Waals surface area (Å²) >= 11 is 0. The van der Waals surface area contributed by atoms with E-state index in [1.165, 1.54) is 20.1 Å². The van der Waals surface area contributed by atoms with Gasteiger partial charge in [0.2, 0.25) is 0 Å². The Morgan fingerprint density at radius 2 is 1.75 bits per heavy atom. The summed E-state index contributed by atoms with van der Waals surface area (Å²) in [6, 6.07) is 18.7. The molecule has 1 atom stereocenters. The Kier molecular flexibility index (Phi) is 5.81. The van der Waals surface area contributed by atoms with Crippen LogP contribution < -0.4 is 5.32 Å². The molecule has 0 bridgehead atoms. The van der Waals surface area contributed by atoms with E-state index in [1.54, 1.807) is 60.7 Å². The predicted octanol–water partition coefficient (Wildman–Crippen LogP) is 4.88. The molecule has 32 heavy (non-hydrogen) atoms. The van der Waals surface area contributed by atoms with Crippen LogP contribution in [0.15, 0.2) is 77.4 Å². The van der Waals surface area contributed by atoms with Gasteiger partial charge >= 0.3 is 5.97 Å². The number of nitrogens with one attached hydrogen (secondary N) is 1. The minimum Gasteiger partial charge on any atom is -0.463 e. The number of hydrogen-bond donors (Lipinski definition) is 1. The van der Waals surface area contributed by atoms with Gasteiger partial charge in [-0.15, -0.1) is 0 Å². The number of para-hydroxylation sites is 1. The molecule has 4 aromatic rings. The number of rotatable bonds is 6. The van der Waals surface area contributed by atoms with E-state index in [-0.39, 0.29) is 11.3 Å². The molecule has 4 rings (SSSR count). The maximum Gasteiger partial charge on any atom is 0.339 e. The number of benzene rings is 2. The van der Waals surface area contributed by atoms with Crippen molar-refractivity contribution in [1.82, 2.24) is 4.98 Å². The van der Waals surface area contributed by atoms with Crippen molar-refractivity contribution >= 4 is 34.3 Å². The lowest BCUT2D eigenvalue weighted by Crippen LogP contribution is -2.30. The molecule has 2 aromatic carbocycles. The van der Waals surface area contributed by atoms with E-state index in [0.717, 1.165) is 0 Å². The van der Waals surface area contributed by atoms with Crippen LogP contribution in [0, 0.1) is 0 Å². The van der Waals surface area contributed by atoms with Crippen LogP contribution in [0.2, 0.25) is 0 Å². The first kappa shape index (κ1) is 21.0. The quantitative estimate of drug-likeness (QED) is 0.347. The van der Waals surface area contributed by atoms with Gasteiger partial charge in [0.1, 0.15) is 5.69 Å². The number of Topliss-reactive ketones (excluding diaryl/α,β-unsaturated/α-hetero) is 1. The molecule has 0 spiro atoms. The number of carbonyl (C=O) groups is 3. The van der Waals surface area contributed by atoms with E-state index in [4.69, 9.17) is 9.15 Å². The molecule has 160 valence electrons. The van der Waals surface area contributed by atoms with Gasteiger partial charge in [-0.25, -0.2) is 9.78 Å². The van der Waals surface area contributed by atoms with Crippen LogP contribution in [0.1, 0.15) is 34.6 Å². The van der Waals surface area contributed by atoms with Gasteiger partial charge in [-0.2, -0.15) is 0 Å². The van der Waals surface area contributed by atoms with Gasteiger partial charge in [-0.05, 0) is 62.4 Å². The number of ether oxygens (including phenoxy) is 1. The summed E-state index contributed by atoms with van der Waals surface area (Å²) in [5.41, 5.74) is 2.42. The molecule has 2 aromatic heterocycles. The second-order valence-corrected chi connectivity index (χ2v) is 7.22. The normalized spacial score (nSPS) is 11.7. The maximum absolute atomic E-state index is 13.0. The second kappa shape index (κ2) is 8.85. The Bertz CT molecular complexity index is 1290. The summed E-state index contributed by atoms with van der Waals surface area (Å²) in [5, 5.41) is 3.29. The van der Waals surface area contributed by atoms with Crippen molar-refractivity contribution in [2.45, 2.75) is 20.0 Å². The number of anilines is 1. The third-order valence-corrected chi connectivity index (χ3v) is 4.92. The SMILES string of the molecule is CC(=O)c1ccc(NC(=O)C(C)OC(=O)c2cc(-c3ccco3)nc3ccccc23)cc1. The number of ketones is 1. The first-order valence-electron chi connectivity index (χ1n) is 9.99. The van der Waals surface area contributed by atoms with Crippen molar-refractivity contribution < 1.29 is 23.5 Å². The number of esters is 1. The van der Waals surface area contributed by atoms with E-state index >= 15 is 0 Å². The number of hydrogen-bond acceptors (Lipinski definition) is 6. The van der Waals surface area contributed by atoms with Crippen LogP contribution >= 0.6 is 0 Å². The van der Waals surface area contributed by atoms with E-state index in [1.807, 2.05) is 6.07 Å². The lowest BCUT2D eigenvalue weighted by molar-refractivity contribution is -0.123. The molecular weight excluding hydrogens is 408 g/mol. The Morgan fingerprint density at radius 1 is 1.00 bits per heavy atom. The monoisotopic (exact) mass is 428 g/mol. The van der Waals surface area contributed by atoms with Crippen molar-refractivity contribution in [3.05, 3.63) is 84.1 Å². The zero-order chi connectivity index (χ0) is 22.7. The van der Waals surface area contributed by atoms with E-state index in [2.05, 4.69) is 10.3 Å². The van der Waals surface area contributed by atoms with E-state index < -0.39 is 18.0 Å². The highest BCUT2D eigenvalue weighted by atomic mass is 16.5. The summed E-state index contributed by atoms with van der Waals surface area (Å²) in [6.45, 7) is 2.96. The molecule has 2 heterocycles. The average molecular weight is 428 g/mol. The Labute approximate surface area is 184 Å². The average Bonchev–Trinajstić information content (AvgIpc) is 3.33. The fraction of sp³-hybridized carbons (Fsp3) is 0.120. The van der Waals surface area contributed by atoms with Gasteiger partial charge < -0.3 is 14.5 Å². The number of pyridine rings is 1. The van der Waals surface area contributed by atoms with Gasteiger partial charge in [-0.1, -0.05) is 18.2 Å². The third kappa shape index (κ3) is 4.41. The molecule has 0 fully saturated rings. The molecule has 0 aliphatic rings. The van der Waals surface area contributed by atoms with Crippen molar-refractivity contribution in [2.24, 2.45) is 0 Å². The van der Waals surface area contributed by atoms with Gasteiger partial charge in [0, 0.05) is 16.6 Å².